The van der Waals surface area contributed by atoms with Gasteiger partial charge in [-0.05, 0) is 18.4 Å². The van der Waals surface area contributed by atoms with Crippen LogP contribution < -0.4 is 5.32 Å². The maximum Gasteiger partial charge on any atom is 0.356 e. The summed E-state index contributed by atoms with van der Waals surface area (Å²) in [7, 11) is 1.21. The van der Waals surface area contributed by atoms with Crippen molar-refractivity contribution in [3.8, 4) is 0 Å². The summed E-state index contributed by atoms with van der Waals surface area (Å²) in [6.07, 6.45) is 0.416. The number of aliphatic hydroxyl groups is 1. The number of methoxy groups -OCH3 is 1. The van der Waals surface area contributed by atoms with Gasteiger partial charge in [-0.2, -0.15) is 0 Å². The van der Waals surface area contributed by atoms with Crippen LogP contribution in [-0.4, -0.2) is 40.7 Å². The molecular formula is C13H19N3O5. The van der Waals surface area contributed by atoms with Crippen LogP contribution in [0.5, 0.6) is 0 Å². The van der Waals surface area contributed by atoms with Crippen LogP contribution in [0.25, 0.3) is 0 Å². The highest BCUT2D eigenvalue weighted by Crippen LogP contribution is 2.25. The molecule has 0 aromatic carbocycles. The van der Waals surface area contributed by atoms with Gasteiger partial charge < -0.3 is 15.2 Å². The van der Waals surface area contributed by atoms with Gasteiger partial charge in [-0.3, -0.25) is 10.1 Å². The first-order valence-corrected chi connectivity index (χ1v) is 6.51. The highest BCUT2D eigenvalue weighted by Gasteiger charge is 2.22. The molecule has 0 saturated carbocycles. The fourth-order valence-corrected chi connectivity index (χ4v) is 1.81. The summed E-state index contributed by atoms with van der Waals surface area (Å²) in [4.78, 5) is 25.9. The number of ether oxygens (including phenoxy) is 1. The molecule has 1 heterocycles. The third kappa shape index (κ3) is 4.38. The number of carbonyl (C=O) groups excluding carboxylic acids is 1. The number of rotatable bonds is 7. The van der Waals surface area contributed by atoms with Crippen LogP contribution in [-0.2, 0) is 4.74 Å². The van der Waals surface area contributed by atoms with Crippen molar-refractivity contribution >= 4 is 17.5 Å². The maximum atomic E-state index is 11.5. The van der Waals surface area contributed by atoms with Crippen LogP contribution in [0.15, 0.2) is 12.1 Å². The molecule has 0 aliphatic rings. The number of nitrogens with zero attached hydrogens (tertiary/aromatic N) is 2. The molecular weight excluding hydrogens is 278 g/mol. The summed E-state index contributed by atoms with van der Waals surface area (Å²) < 4.78 is 4.55. The van der Waals surface area contributed by atoms with E-state index in [1.54, 1.807) is 0 Å². The summed E-state index contributed by atoms with van der Waals surface area (Å²) >= 11 is 0. The van der Waals surface area contributed by atoms with Crippen molar-refractivity contribution in [2.45, 2.75) is 26.3 Å². The highest BCUT2D eigenvalue weighted by molar-refractivity contribution is 5.88. The fraction of sp³-hybridized carbons (Fsp3) is 0.538. The number of pyridine rings is 1. The number of anilines is 1. The van der Waals surface area contributed by atoms with Crippen molar-refractivity contribution in [3.63, 3.8) is 0 Å². The molecule has 1 unspecified atom stereocenters. The van der Waals surface area contributed by atoms with E-state index in [4.69, 9.17) is 5.11 Å². The van der Waals surface area contributed by atoms with Crippen LogP contribution in [0.1, 0.15) is 30.8 Å². The number of nitrogens with one attached hydrogen (secondary N) is 1. The zero-order chi connectivity index (χ0) is 16.0. The lowest BCUT2D eigenvalue weighted by Gasteiger charge is -2.22. The number of esters is 1. The summed E-state index contributed by atoms with van der Waals surface area (Å²) in [6.45, 7) is 3.78. The third-order valence-corrected chi connectivity index (χ3v) is 3.03. The van der Waals surface area contributed by atoms with Gasteiger partial charge in [-0.15, -0.1) is 0 Å². The molecule has 2 N–H and O–H groups in total. The molecule has 0 aliphatic carbocycles. The first-order valence-electron chi connectivity index (χ1n) is 6.51. The first kappa shape index (κ1) is 16.8. The van der Waals surface area contributed by atoms with Gasteiger partial charge in [0.05, 0.1) is 12.0 Å². The van der Waals surface area contributed by atoms with Gasteiger partial charge in [0.2, 0.25) is 5.82 Å². The van der Waals surface area contributed by atoms with Gasteiger partial charge in [0.25, 0.3) is 0 Å². The van der Waals surface area contributed by atoms with E-state index in [-0.39, 0.29) is 35.8 Å². The molecule has 8 nitrogen and oxygen atoms in total. The molecule has 1 aromatic rings. The lowest BCUT2D eigenvalue weighted by molar-refractivity contribution is -0.384. The fourth-order valence-electron chi connectivity index (χ4n) is 1.81. The van der Waals surface area contributed by atoms with Gasteiger partial charge in [-0.25, -0.2) is 9.78 Å². The molecule has 1 rings (SSSR count). The molecule has 1 atom stereocenters. The van der Waals surface area contributed by atoms with E-state index < -0.39 is 10.9 Å². The molecule has 0 amide bonds. The molecule has 116 valence electrons. The number of hydrogen-bond acceptors (Lipinski definition) is 7. The number of hydrogen-bond donors (Lipinski definition) is 2. The van der Waals surface area contributed by atoms with Crippen LogP contribution in [0.2, 0.25) is 0 Å². The molecule has 21 heavy (non-hydrogen) atoms. The van der Waals surface area contributed by atoms with Gasteiger partial charge >= 0.3 is 11.7 Å². The van der Waals surface area contributed by atoms with Crippen molar-refractivity contribution in [1.82, 2.24) is 4.98 Å². The Balaban J connectivity index is 3.16. The zero-order valence-electron chi connectivity index (χ0n) is 12.2. The Kier molecular flexibility index (Phi) is 6.04. The van der Waals surface area contributed by atoms with Crippen molar-refractivity contribution in [1.29, 1.82) is 0 Å². The Morgan fingerprint density at radius 1 is 1.52 bits per heavy atom. The minimum absolute atomic E-state index is 0.00458. The summed E-state index contributed by atoms with van der Waals surface area (Å²) in [6, 6.07) is 2.25. The second-order valence-corrected chi connectivity index (χ2v) is 4.82. The second kappa shape index (κ2) is 7.53. The zero-order valence-corrected chi connectivity index (χ0v) is 12.2. The molecule has 0 radical (unpaired) electrons. The van der Waals surface area contributed by atoms with E-state index in [0.29, 0.717) is 6.42 Å². The average Bonchev–Trinajstić information content (AvgIpc) is 2.45. The van der Waals surface area contributed by atoms with Crippen molar-refractivity contribution in [3.05, 3.63) is 27.9 Å². The van der Waals surface area contributed by atoms with E-state index >= 15 is 0 Å². The predicted molar refractivity (Wildman–Crippen MR) is 76.2 cm³/mol. The van der Waals surface area contributed by atoms with E-state index in [9.17, 15) is 14.9 Å². The lowest BCUT2D eigenvalue weighted by atomic mass is 10.0. The van der Waals surface area contributed by atoms with E-state index in [2.05, 4.69) is 15.0 Å². The number of carbonyl (C=O) groups is 1. The van der Waals surface area contributed by atoms with E-state index in [1.807, 2.05) is 13.8 Å². The van der Waals surface area contributed by atoms with Gasteiger partial charge in [-0.1, -0.05) is 13.8 Å². The summed E-state index contributed by atoms with van der Waals surface area (Å²) in [5.41, 5.74) is -0.247. The molecule has 0 fully saturated rings. The Morgan fingerprint density at radius 2 is 2.19 bits per heavy atom. The largest absolute Gasteiger partial charge is 0.464 e. The van der Waals surface area contributed by atoms with Crippen LogP contribution in [0.3, 0.4) is 0 Å². The molecule has 0 aliphatic heterocycles. The monoisotopic (exact) mass is 297 g/mol. The van der Waals surface area contributed by atoms with Gasteiger partial charge in [0, 0.05) is 18.7 Å². The minimum Gasteiger partial charge on any atom is -0.464 e. The summed E-state index contributed by atoms with van der Waals surface area (Å²) in [5.74, 6) is -0.549. The van der Waals surface area contributed by atoms with E-state index in [1.165, 1.54) is 19.2 Å². The van der Waals surface area contributed by atoms with Crippen molar-refractivity contribution in [2.24, 2.45) is 5.92 Å². The Hall–Kier alpha value is -2.22. The number of aromatic nitrogens is 1. The topological polar surface area (TPSA) is 115 Å². The molecule has 0 saturated heterocycles. The molecule has 1 aromatic heterocycles. The number of aliphatic hydroxyl groups excluding tert-OH is 1. The third-order valence-electron chi connectivity index (χ3n) is 3.03. The Bertz CT molecular complexity index is 519. The van der Waals surface area contributed by atoms with E-state index in [0.717, 1.165) is 0 Å². The lowest BCUT2D eigenvalue weighted by Crippen LogP contribution is -2.28. The van der Waals surface area contributed by atoms with Gasteiger partial charge in [0.1, 0.15) is 0 Å². The molecule has 8 heteroatoms. The Morgan fingerprint density at radius 3 is 2.67 bits per heavy atom. The predicted octanol–water partition coefficient (Wildman–Crippen LogP) is 1.60. The van der Waals surface area contributed by atoms with Crippen molar-refractivity contribution < 1.29 is 19.6 Å². The average molecular weight is 297 g/mol. The SMILES string of the molecule is COC(=O)c1ccc([N+](=O)[O-])c(NC(CCO)C(C)C)n1. The number of nitro groups is 1. The van der Waals surface area contributed by atoms with Gasteiger partial charge in [0.15, 0.2) is 5.69 Å². The first-order chi connectivity index (χ1) is 9.90. The minimum atomic E-state index is -0.670. The van der Waals surface area contributed by atoms with Crippen LogP contribution in [0, 0.1) is 16.0 Å². The second-order valence-electron chi connectivity index (χ2n) is 4.82. The highest BCUT2D eigenvalue weighted by atomic mass is 16.6. The maximum absolute atomic E-state index is 11.5. The Labute approximate surface area is 122 Å². The standard InChI is InChI=1S/C13H19N3O5/c1-8(2)9(6-7-17)14-12-11(16(19)20)5-4-10(15-12)13(18)21-3/h4-5,8-9,17H,6-7H2,1-3H3,(H,14,15). The molecule has 0 spiro atoms. The quantitative estimate of drug-likeness (QED) is 0.446. The van der Waals surface area contributed by atoms with Crippen molar-refractivity contribution in [2.75, 3.05) is 19.0 Å². The van der Waals surface area contributed by atoms with Crippen LogP contribution in [0.4, 0.5) is 11.5 Å². The molecule has 0 bridgehead atoms. The van der Waals surface area contributed by atoms with Crippen LogP contribution >= 0.6 is 0 Å². The normalized spacial score (nSPS) is 12.0. The smallest absolute Gasteiger partial charge is 0.356 e. The summed E-state index contributed by atoms with van der Waals surface area (Å²) in [5, 5.41) is 23.0.